The number of thiophene rings is 1. The van der Waals surface area contributed by atoms with Gasteiger partial charge in [0.15, 0.2) is 0 Å². The zero-order chi connectivity index (χ0) is 14.4. The Bertz CT molecular complexity index is 527. The summed E-state index contributed by atoms with van der Waals surface area (Å²) in [5.74, 6) is 1.82. The normalized spacial score (nSPS) is 35.4. The van der Waals surface area contributed by atoms with Gasteiger partial charge in [0.25, 0.3) is 0 Å². The molecule has 2 heterocycles. The highest BCUT2D eigenvalue weighted by atomic mass is 32.1. The zero-order valence-corrected chi connectivity index (χ0v) is 13.3. The third-order valence-corrected chi connectivity index (χ3v) is 6.85. The predicted octanol–water partition coefficient (Wildman–Crippen LogP) is 2.79. The van der Waals surface area contributed by atoms with E-state index < -0.39 is 0 Å². The van der Waals surface area contributed by atoms with Crippen LogP contribution in [-0.4, -0.2) is 23.4 Å². The molecule has 2 bridgehead atoms. The van der Waals surface area contributed by atoms with Crippen molar-refractivity contribution in [2.24, 2.45) is 23.5 Å². The summed E-state index contributed by atoms with van der Waals surface area (Å²) >= 11 is 1.80. The summed E-state index contributed by atoms with van der Waals surface area (Å²) in [4.78, 5) is 16.4. The minimum absolute atomic E-state index is 0.238. The zero-order valence-electron chi connectivity index (χ0n) is 12.5. The predicted molar refractivity (Wildman–Crippen MR) is 85.0 cm³/mol. The number of hydrogen-bond acceptors (Lipinski definition) is 3. The third kappa shape index (κ3) is 2.42. The molecule has 0 spiro atoms. The van der Waals surface area contributed by atoms with E-state index in [0.29, 0.717) is 23.8 Å². The second-order valence-electron chi connectivity index (χ2n) is 7.08. The lowest BCUT2D eigenvalue weighted by molar-refractivity contribution is -0.139. The first-order chi connectivity index (χ1) is 10.2. The minimum Gasteiger partial charge on any atom is -0.337 e. The van der Waals surface area contributed by atoms with E-state index in [9.17, 15) is 4.79 Å². The van der Waals surface area contributed by atoms with Crippen LogP contribution in [0.2, 0.25) is 0 Å². The van der Waals surface area contributed by atoms with Gasteiger partial charge in [-0.15, -0.1) is 11.3 Å². The van der Waals surface area contributed by atoms with Gasteiger partial charge in [0.1, 0.15) is 0 Å². The summed E-state index contributed by atoms with van der Waals surface area (Å²) in [5.41, 5.74) is 7.80. The number of nitrogens with zero attached hydrogens (tertiary/aromatic N) is 1. The van der Waals surface area contributed by atoms with Gasteiger partial charge in [0.2, 0.25) is 5.91 Å². The molecule has 1 aromatic rings. The van der Waals surface area contributed by atoms with E-state index >= 15 is 0 Å². The molecule has 21 heavy (non-hydrogen) atoms. The highest BCUT2D eigenvalue weighted by Crippen LogP contribution is 2.42. The second-order valence-corrected chi connectivity index (χ2v) is 8.08. The van der Waals surface area contributed by atoms with Crippen molar-refractivity contribution in [2.45, 2.75) is 51.1 Å². The first-order valence-corrected chi connectivity index (χ1v) is 9.20. The van der Waals surface area contributed by atoms with Gasteiger partial charge in [-0.05, 0) is 60.9 Å². The topological polar surface area (TPSA) is 46.3 Å². The highest BCUT2D eigenvalue weighted by molar-refractivity contribution is 7.10. The fourth-order valence-electron chi connectivity index (χ4n) is 4.67. The van der Waals surface area contributed by atoms with Crippen LogP contribution in [0.1, 0.15) is 42.5 Å². The molecule has 1 aliphatic heterocycles. The molecule has 1 amide bonds. The van der Waals surface area contributed by atoms with Crippen LogP contribution in [0.5, 0.6) is 0 Å². The van der Waals surface area contributed by atoms with Gasteiger partial charge in [0.05, 0.1) is 6.54 Å². The first kappa shape index (κ1) is 13.8. The quantitative estimate of drug-likeness (QED) is 0.867. The van der Waals surface area contributed by atoms with Gasteiger partial charge in [-0.3, -0.25) is 4.79 Å². The second kappa shape index (κ2) is 5.40. The molecule has 3 aliphatic rings. The number of nitrogens with two attached hydrogens (primary N) is 1. The van der Waals surface area contributed by atoms with Crippen LogP contribution < -0.4 is 5.73 Å². The van der Waals surface area contributed by atoms with Crippen LogP contribution in [-0.2, 0) is 17.8 Å². The lowest BCUT2D eigenvalue weighted by Crippen LogP contribution is -2.50. The van der Waals surface area contributed by atoms with E-state index in [1.165, 1.54) is 29.7 Å². The van der Waals surface area contributed by atoms with Gasteiger partial charge in [0, 0.05) is 23.4 Å². The molecule has 2 aliphatic carbocycles. The van der Waals surface area contributed by atoms with Crippen molar-refractivity contribution in [3.63, 3.8) is 0 Å². The molecule has 114 valence electrons. The van der Waals surface area contributed by atoms with Crippen molar-refractivity contribution < 1.29 is 4.79 Å². The van der Waals surface area contributed by atoms with Crippen molar-refractivity contribution in [3.05, 3.63) is 21.9 Å². The van der Waals surface area contributed by atoms with Crippen LogP contribution in [0.15, 0.2) is 11.4 Å². The fraction of sp³-hybridized carbons (Fsp3) is 0.706. The Labute approximate surface area is 130 Å². The molecule has 2 fully saturated rings. The van der Waals surface area contributed by atoms with Crippen molar-refractivity contribution in [3.8, 4) is 0 Å². The average Bonchev–Trinajstić information content (AvgIpc) is 2.93. The standard InChI is InChI=1S/C17H24N2OS/c18-16-12-2-1-3-13(16)9-14(8-12)17(20)19-6-4-11-5-7-21-15(11)10-19/h5,7,12-14,16H,1-4,6,8-10,18H2. The summed E-state index contributed by atoms with van der Waals surface area (Å²) in [6.07, 6.45) is 6.87. The Balaban J connectivity index is 1.46. The number of amides is 1. The minimum atomic E-state index is 0.238. The highest BCUT2D eigenvalue weighted by Gasteiger charge is 2.41. The van der Waals surface area contributed by atoms with Crippen LogP contribution >= 0.6 is 11.3 Å². The summed E-state index contributed by atoms with van der Waals surface area (Å²) in [5, 5.41) is 2.16. The number of rotatable bonds is 1. The fourth-order valence-corrected chi connectivity index (χ4v) is 5.62. The maximum atomic E-state index is 12.9. The Hall–Kier alpha value is -0.870. The molecule has 3 nitrogen and oxygen atoms in total. The van der Waals surface area contributed by atoms with Crippen LogP contribution in [0, 0.1) is 17.8 Å². The van der Waals surface area contributed by atoms with E-state index in [-0.39, 0.29) is 5.92 Å². The molecular weight excluding hydrogens is 280 g/mol. The van der Waals surface area contributed by atoms with Gasteiger partial charge < -0.3 is 10.6 Å². The number of hydrogen-bond donors (Lipinski definition) is 1. The molecule has 0 aromatic carbocycles. The van der Waals surface area contributed by atoms with Crippen molar-refractivity contribution >= 4 is 17.2 Å². The first-order valence-electron chi connectivity index (χ1n) is 8.32. The molecule has 2 saturated carbocycles. The largest absolute Gasteiger partial charge is 0.337 e. The number of fused-ring (bicyclic) bond motifs is 3. The van der Waals surface area contributed by atoms with E-state index in [0.717, 1.165) is 32.4 Å². The SMILES string of the molecule is NC1C2CCCC1CC(C(=O)N1CCc3ccsc3C1)C2. The van der Waals surface area contributed by atoms with Gasteiger partial charge >= 0.3 is 0 Å². The van der Waals surface area contributed by atoms with E-state index in [2.05, 4.69) is 16.3 Å². The average molecular weight is 304 g/mol. The van der Waals surface area contributed by atoms with E-state index in [1.54, 1.807) is 11.3 Å². The Morgan fingerprint density at radius 3 is 2.81 bits per heavy atom. The Kier molecular flexibility index (Phi) is 3.54. The summed E-state index contributed by atoms with van der Waals surface area (Å²) in [7, 11) is 0. The summed E-state index contributed by atoms with van der Waals surface area (Å²) < 4.78 is 0. The lowest BCUT2D eigenvalue weighted by Gasteiger charge is -2.44. The lowest BCUT2D eigenvalue weighted by atomic mass is 9.65. The molecule has 0 saturated heterocycles. The molecule has 4 rings (SSSR count). The van der Waals surface area contributed by atoms with Gasteiger partial charge in [-0.1, -0.05) is 6.42 Å². The molecule has 2 unspecified atom stereocenters. The number of carbonyl (C=O) groups is 1. The molecule has 1 aromatic heterocycles. The van der Waals surface area contributed by atoms with Gasteiger partial charge in [-0.2, -0.15) is 0 Å². The molecule has 0 radical (unpaired) electrons. The van der Waals surface area contributed by atoms with Crippen molar-refractivity contribution in [1.29, 1.82) is 0 Å². The molecular formula is C17H24N2OS. The smallest absolute Gasteiger partial charge is 0.226 e. The van der Waals surface area contributed by atoms with Crippen molar-refractivity contribution in [2.75, 3.05) is 6.54 Å². The van der Waals surface area contributed by atoms with Gasteiger partial charge in [-0.25, -0.2) is 0 Å². The van der Waals surface area contributed by atoms with E-state index in [1.807, 2.05) is 0 Å². The maximum Gasteiger partial charge on any atom is 0.226 e. The summed E-state index contributed by atoms with van der Waals surface area (Å²) in [6, 6.07) is 2.57. The third-order valence-electron chi connectivity index (χ3n) is 5.90. The molecule has 2 atom stereocenters. The van der Waals surface area contributed by atoms with E-state index in [4.69, 9.17) is 5.73 Å². The van der Waals surface area contributed by atoms with Crippen LogP contribution in [0.4, 0.5) is 0 Å². The monoisotopic (exact) mass is 304 g/mol. The number of carbonyl (C=O) groups excluding carboxylic acids is 1. The molecule has 2 N–H and O–H groups in total. The summed E-state index contributed by atoms with van der Waals surface area (Å²) in [6.45, 7) is 1.74. The Morgan fingerprint density at radius 1 is 1.29 bits per heavy atom. The van der Waals surface area contributed by atoms with Crippen molar-refractivity contribution in [1.82, 2.24) is 4.90 Å². The molecule has 4 heteroatoms. The van der Waals surface area contributed by atoms with Crippen LogP contribution in [0.3, 0.4) is 0 Å². The van der Waals surface area contributed by atoms with Crippen LogP contribution in [0.25, 0.3) is 0 Å². The Morgan fingerprint density at radius 2 is 2.05 bits per heavy atom. The maximum absolute atomic E-state index is 12.9.